The van der Waals surface area contributed by atoms with Gasteiger partial charge in [-0.25, -0.2) is 4.39 Å². The Balaban J connectivity index is 2.28. The van der Waals surface area contributed by atoms with Gasteiger partial charge in [0.1, 0.15) is 23.2 Å². The number of hydrogen-bond acceptors (Lipinski definition) is 3. The molecule has 2 aromatic carbocycles. The number of halogens is 2. The highest BCUT2D eigenvalue weighted by Crippen LogP contribution is 2.25. The number of rotatable bonds is 4. The molecule has 0 saturated carbocycles. The minimum atomic E-state index is -0.582. The number of nitriles is 1. The Bertz CT molecular complexity index is 795. The van der Waals surface area contributed by atoms with Crippen LogP contribution in [0.15, 0.2) is 52.5 Å². The monoisotopic (exact) mass is 374 g/mol. The Morgan fingerprint density at radius 1 is 1.30 bits per heavy atom. The molecule has 0 atom stereocenters. The molecular weight excluding hydrogens is 363 g/mol. The lowest BCUT2D eigenvalue weighted by Crippen LogP contribution is -2.13. The second-order valence-electron chi connectivity index (χ2n) is 4.52. The predicted octanol–water partition coefficient (Wildman–Crippen LogP) is 4.14. The van der Waals surface area contributed by atoms with Crippen molar-refractivity contribution in [3.8, 4) is 11.8 Å². The van der Waals surface area contributed by atoms with Crippen molar-refractivity contribution in [3.63, 3.8) is 0 Å². The van der Waals surface area contributed by atoms with Gasteiger partial charge in [-0.05, 0) is 48.5 Å². The summed E-state index contributed by atoms with van der Waals surface area (Å²) in [6, 6.07) is 12.4. The highest BCUT2D eigenvalue weighted by molar-refractivity contribution is 9.10. The number of hydrogen-bond donors (Lipinski definition) is 1. The van der Waals surface area contributed by atoms with Crippen LogP contribution in [0.3, 0.4) is 0 Å². The number of anilines is 1. The van der Waals surface area contributed by atoms with E-state index >= 15 is 0 Å². The van der Waals surface area contributed by atoms with Gasteiger partial charge in [-0.1, -0.05) is 15.9 Å². The summed E-state index contributed by atoms with van der Waals surface area (Å²) in [6.07, 6.45) is 1.43. The minimum absolute atomic E-state index is 0.0919. The number of carbonyl (C=O) groups is 1. The first-order valence-corrected chi connectivity index (χ1v) is 7.35. The van der Waals surface area contributed by atoms with E-state index in [4.69, 9.17) is 4.74 Å². The van der Waals surface area contributed by atoms with Crippen molar-refractivity contribution < 1.29 is 13.9 Å². The van der Waals surface area contributed by atoms with Crippen LogP contribution >= 0.6 is 15.9 Å². The molecule has 2 aromatic rings. The second kappa shape index (κ2) is 7.56. The van der Waals surface area contributed by atoms with Crippen molar-refractivity contribution in [1.82, 2.24) is 0 Å². The summed E-state index contributed by atoms with van der Waals surface area (Å²) >= 11 is 3.33. The molecule has 0 aromatic heterocycles. The molecule has 0 saturated heterocycles. The Morgan fingerprint density at radius 2 is 2.00 bits per heavy atom. The highest BCUT2D eigenvalue weighted by atomic mass is 79.9. The van der Waals surface area contributed by atoms with E-state index in [1.54, 1.807) is 18.2 Å². The van der Waals surface area contributed by atoms with Gasteiger partial charge < -0.3 is 10.1 Å². The van der Waals surface area contributed by atoms with Gasteiger partial charge in [0.2, 0.25) is 0 Å². The van der Waals surface area contributed by atoms with Crippen LogP contribution in [0, 0.1) is 17.1 Å². The maximum Gasteiger partial charge on any atom is 0.266 e. The third-order valence-electron chi connectivity index (χ3n) is 2.96. The maximum atomic E-state index is 12.9. The zero-order chi connectivity index (χ0) is 16.8. The Hall–Kier alpha value is -2.65. The number of benzene rings is 2. The molecule has 0 fully saturated rings. The number of amides is 1. The average molecular weight is 375 g/mol. The Morgan fingerprint density at radius 3 is 2.61 bits per heavy atom. The lowest BCUT2D eigenvalue weighted by Gasteiger charge is -2.07. The van der Waals surface area contributed by atoms with Gasteiger partial charge in [-0.3, -0.25) is 4.79 Å². The summed E-state index contributed by atoms with van der Waals surface area (Å²) in [7, 11) is 1.51. The van der Waals surface area contributed by atoms with Crippen LogP contribution < -0.4 is 10.1 Å². The number of methoxy groups -OCH3 is 1. The van der Waals surface area contributed by atoms with Gasteiger partial charge in [0.05, 0.1) is 7.11 Å². The molecule has 23 heavy (non-hydrogen) atoms. The van der Waals surface area contributed by atoms with Crippen molar-refractivity contribution in [2.75, 3.05) is 12.4 Å². The molecule has 0 heterocycles. The summed E-state index contributed by atoms with van der Waals surface area (Å²) in [5.41, 5.74) is 0.900. The standard InChI is InChI=1S/C17H12BrFN2O2/c1-23-16-7-2-13(18)9-11(16)8-12(10-20)17(22)21-15-5-3-14(19)4-6-15/h2-9H,1H3,(H,21,22)/b12-8+. The fourth-order valence-corrected chi connectivity index (χ4v) is 2.23. The number of ether oxygens (including phenoxy) is 1. The average Bonchev–Trinajstić information content (AvgIpc) is 2.54. The lowest BCUT2D eigenvalue weighted by molar-refractivity contribution is -0.112. The summed E-state index contributed by atoms with van der Waals surface area (Å²) in [4.78, 5) is 12.2. The van der Waals surface area contributed by atoms with Gasteiger partial charge in [0, 0.05) is 15.7 Å². The third kappa shape index (κ3) is 4.41. The number of carbonyl (C=O) groups excluding carboxylic acids is 1. The number of nitrogens with zero attached hydrogens (tertiary/aromatic N) is 1. The van der Waals surface area contributed by atoms with Crippen LogP contribution in [0.4, 0.5) is 10.1 Å². The summed E-state index contributed by atoms with van der Waals surface area (Å²) in [6.45, 7) is 0. The molecule has 0 bridgehead atoms. The SMILES string of the molecule is COc1ccc(Br)cc1/C=C(\C#N)C(=O)Nc1ccc(F)cc1. The van der Waals surface area contributed by atoms with Gasteiger partial charge >= 0.3 is 0 Å². The van der Waals surface area contributed by atoms with E-state index in [9.17, 15) is 14.4 Å². The molecule has 1 amide bonds. The van der Waals surface area contributed by atoms with Gasteiger partial charge in [0.25, 0.3) is 5.91 Å². The van der Waals surface area contributed by atoms with Crippen LogP contribution in [-0.4, -0.2) is 13.0 Å². The van der Waals surface area contributed by atoms with E-state index in [-0.39, 0.29) is 5.57 Å². The first-order chi connectivity index (χ1) is 11.0. The maximum absolute atomic E-state index is 12.9. The third-order valence-corrected chi connectivity index (χ3v) is 3.45. The molecule has 0 aliphatic carbocycles. The summed E-state index contributed by atoms with van der Waals surface area (Å²) in [5.74, 6) is -0.449. The fourth-order valence-electron chi connectivity index (χ4n) is 1.85. The summed E-state index contributed by atoms with van der Waals surface area (Å²) in [5, 5.41) is 11.8. The van der Waals surface area contributed by atoms with E-state index in [0.29, 0.717) is 17.0 Å². The van der Waals surface area contributed by atoms with Crippen molar-refractivity contribution in [3.05, 3.63) is 63.9 Å². The molecule has 4 nitrogen and oxygen atoms in total. The van der Waals surface area contributed by atoms with Crippen LogP contribution in [-0.2, 0) is 4.79 Å². The highest BCUT2D eigenvalue weighted by Gasteiger charge is 2.11. The van der Waals surface area contributed by atoms with Crippen LogP contribution in [0.2, 0.25) is 0 Å². The van der Waals surface area contributed by atoms with Gasteiger partial charge in [-0.15, -0.1) is 0 Å². The molecule has 0 unspecified atom stereocenters. The molecule has 1 N–H and O–H groups in total. The van der Waals surface area contributed by atoms with Crippen LogP contribution in [0.5, 0.6) is 5.75 Å². The quantitative estimate of drug-likeness (QED) is 0.645. The zero-order valence-corrected chi connectivity index (χ0v) is 13.7. The van der Waals surface area contributed by atoms with E-state index < -0.39 is 11.7 Å². The molecule has 0 aliphatic heterocycles. The number of nitrogens with one attached hydrogen (secondary N) is 1. The zero-order valence-electron chi connectivity index (χ0n) is 12.1. The van der Waals surface area contributed by atoms with Crippen molar-refractivity contribution in [2.45, 2.75) is 0 Å². The largest absolute Gasteiger partial charge is 0.496 e. The normalized spacial score (nSPS) is 10.8. The molecule has 116 valence electrons. The lowest BCUT2D eigenvalue weighted by atomic mass is 10.1. The van der Waals surface area contributed by atoms with E-state index in [0.717, 1.165) is 4.47 Å². The smallest absolute Gasteiger partial charge is 0.266 e. The summed E-state index contributed by atoms with van der Waals surface area (Å²) < 4.78 is 18.9. The predicted molar refractivity (Wildman–Crippen MR) is 89.3 cm³/mol. The first kappa shape index (κ1) is 16.7. The minimum Gasteiger partial charge on any atom is -0.496 e. The molecular formula is C17H12BrFN2O2. The van der Waals surface area contributed by atoms with E-state index in [2.05, 4.69) is 21.2 Å². The molecule has 0 aliphatic rings. The Kier molecular flexibility index (Phi) is 5.50. The van der Waals surface area contributed by atoms with Crippen LogP contribution in [0.25, 0.3) is 6.08 Å². The van der Waals surface area contributed by atoms with Gasteiger partial charge in [-0.2, -0.15) is 5.26 Å². The second-order valence-corrected chi connectivity index (χ2v) is 5.43. The molecule has 6 heteroatoms. The fraction of sp³-hybridized carbons (Fsp3) is 0.0588. The first-order valence-electron chi connectivity index (χ1n) is 6.55. The Labute approximate surface area is 141 Å². The van der Waals surface area contributed by atoms with E-state index in [1.807, 2.05) is 6.07 Å². The van der Waals surface area contributed by atoms with Crippen LogP contribution in [0.1, 0.15) is 5.56 Å². The van der Waals surface area contributed by atoms with Gasteiger partial charge in [0.15, 0.2) is 0 Å². The molecule has 0 radical (unpaired) electrons. The molecule has 2 rings (SSSR count). The topological polar surface area (TPSA) is 62.1 Å². The van der Waals surface area contributed by atoms with E-state index in [1.165, 1.54) is 37.5 Å². The van der Waals surface area contributed by atoms with Crippen molar-refractivity contribution >= 4 is 33.6 Å². The molecule has 0 spiro atoms. The van der Waals surface area contributed by atoms with Crippen molar-refractivity contribution in [1.29, 1.82) is 5.26 Å². The van der Waals surface area contributed by atoms with Crippen molar-refractivity contribution in [2.24, 2.45) is 0 Å².